The van der Waals surface area contributed by atoms with Crippen LogP contribution in [0.5, 0.6) is 0 Å². The van der Waals surface area contributed by atoms with Gasteiger partial charge >= 0.3 is 0 Å². The molecule has 3 rings (SSSR count). The number of hydrogen-bond acceptors (Lipinski definition) is 5. The summed E-state index contributed by atoms with van der Waals surface area (Å²) >= 11 is 0. The Morgan fingerprint density at radius 2 is 2.27 bits per heavy atom. The van der Waals surface area contributed by atoms with Gasteiger partial charge < -0.3 is 4.90 Å². The molecule has 1 aromatic carbocycles. The Kier molecular flexibility index (Phi) is 3.71. The summed E-state index contributed by atoms with van der Waals surface area (Å²) in [4.78, 5) is 17.1. The van der Waals surface area contributed by atoms with Crippen LogP contribution in [0.2, 0.25) is 0 Å². The number of hydrogen-bond donors (Lipinski definition) is 0. The van der Waals surface area contributed by atoms with Crippen molar-refractivity contribution in [2.24, 2.45) is 0 Å². The Bertz CT molecular complexity index is 740. The predicted octanol–water partition coefficient (Wildman–Crippen LogP) is 3.20. The van der Waals surface area contributed by atoms with E-state index in [1.165, 1.54) is 6.07 Å². The van der Waals surface area contributed by atoms with Crippen LogP contribution in [0.3, 0.4) is 0 Å². The fraction of sp³-hybridized carbons (Fsp3) is 0.250. The van der Waals surface area contributed by atoms with Crippen LogP contribution in [0, 0.1) is 21.4 Å². The van der Waals surface area contributed by atoms with Gasteiger partial charge in [-0.1, -0.05) is 6.07 Å². The van der Waals surface area contributed by atoms with E-state index in [1.807, 2.05) is 23.1 Å². The molecular formula is C16H14N4O2. The number of aromatic nitrogens is 1. The molecule has 1 atom stereocenters. The number of anilines is 1. The molecule has 0 saturated carbocycles. The average Bonchev–Trinajstić information content (AvgIpc) is 3.04. The Morgan fingerprint density at radius 1 is 1.41 bits per heavy atom. The van der Waals surface area contributed by atoms with Crippen molar-refractivity contribution in [3.8, 4) is 6.07 Å². The summed E-state index contributed by atoms with van der Waals surface area (Å²) < 4.78 is 0. The smallest absolute Gasteiger partial charge is 0.293 e. The van der Waals surface area contributed by atoms with Crippen LogP contribution in [0.4, 0.5) is 11.4 Å². The molecular weight excluding hydrogens is 280 g/mol. The van der Waals surface area contributed by atoms with E-state index in [4.69, 9.17) is 5.26 Å². The lowest BCUT2D eigenvalue weighted by Crippen LogP contribution is -2.23. The number of nitro benzene ring substituents is 1. The molecule has 110 valence electrons. The maximum Gasteiger partial charge on any atom is 0.293 e. The minimum Gasteiger partial charge on any atom is -0.359 e. The van der Waals surface area contributed by atoms with Gasteiger partial charge in [-0.15, -0.1) is 0 Å². The quantitative estimate of drug-likeness (QED) is 0.641. The molecule has 1 aliphatic rings. The maximum atomic E-state index is 11.3. The summed E-state index contributed by atoms with van der Waals surface area (Å²) in [5, 5.41) is 20.3. The molecule has 1 fully saturated rings. The fourth-order valence-electron chi connectivity index (χ4n) is 2.96. The van der Waals surface area contributed by atoms with Crippen molar-refractivity contribution in [2.75, 3.05) is 11.4 Å². The Balaban J connectivity index is 2.03. The van der Waals surface area contributed by atoms with Crippen LogP contribution in [0.1, 0.15) is 30.0 Å². The molecule has 0 bridgehead atoms. The van der Waals surface area contributed by atoms with Gasteiger partial charge in [0.05, 0.1) is 22.6 Å². The second kappa shape index (κ2) is 5.82. The molecule has 1 saturated heterocycles. The minimum atomic E-state index is -0.422. The van der Waals surface area contributed by atoms with Gasteiger partial charge in [0.25, 0.3) is 5.69 Å². The second-order valence-electron chi connectivity index (χ2n) is 5.21. The van der Waals surface area contributed by atoms with Crippen molar-refractivity contribution in [3.05, 3.63) is 64.0 Å². The van der Waals surface area contributed by atoms with E-state index in [0.717, 1.165) is 24.9 Å². The molecule has 0 spiro atoms. The normalized spacial score (nSPS) is 17.2. The number of pyridine rings is 1. The highest BCUT2D eigenvalue weighted by Gasteiger charge is 2.31. The average molecular weight is 294 g/mol. The summed E-state index contributed by atoms with van der Waals surface area (Å²) in [5.74, 6) is 0. The number of rotatable bonds is 3. The summed E-state index contributed by atoms with van der Waals surface area (Å²) in [6.45, 7) is 0.756. The van der Waals surface area contributed by atoms with E-state index in [2.05, 4.69) is 4.98 Å². The molecule has 0 unspecified atom stereocenters. The van der Waals surface area contributed by atoms with E-state index in [9.17, 15) is 10.1 Å². The molecule has 1 aliphatic heterocycles. The van der Waals surface area contributed by atoms with Gasteiger partial charge in [0.2, 0.25) is 0 Å². The van der Waals surface area contributed by atoms with Crippen molar-refractivity contribution in [1.82, 2.24) is 4.98 Å². The number of nitrogens with zero attached hydrogens (tertiary/aromatic N) is 4. The van der Waals surface area contributed by atoms with Gasteiger partial charge in [-0.3, -0.25) is 15.1 Å². The summed E-state index contributed by atoms with van der Waals surface area (Å²) in [6, 6.07) is 10.5. The van der Waals surface area contributed by atoms with E-state index in [1.54, 1.807) is 24.5 Å². The van der Waals surface area contributed by atoms with Crippen molar-refractivity contribution >= 4 is 11.4 Å². The zero-order valence-electron chi connectivity index (χ0n) is 11.8. The monoisotopic (exact) mass is 294 g/mol. The molecule has 2 heterocycles. The van der Waals surface area contributed by atoms with Crippen molar-refractivity contribution in [1.29, 1.82) is 5.26 Å². The number of nitro groups is 1. The first-order chi connectivity index (χ1) is 10.7. The van der Waals surface area contributed by atoms with E-state index >= 15 is 0 Å². The molecule has 0 amide bonds. The van der Waals surface area contributed by atoms with Crippen molar-refractivity contribution in [2.45, 2.75) is 18.9 Å². The first kappa shape index (κ1) is 14.0. The highest BCUT2D eigenvalue weighted by atomic mass is 16.6. The molecule has 6 nitrogen and oxygen atoms in total. The molecule has 2 aromatic rings. The van der Waals surface area contributed by atoms with Crippen molar-refractivity contribution < 1.29 is 4.92 Å². The van der Waals surface area contributed by atoms with E-state index < -0.39 is 4.92 Å². The van der Waals surface area contributed by atoms with Crippen LogP contribution < -0.4 is 4.90 Å². The zero-order valence-corrected chi connectivity index (χ0v) is 11.8. The summed E-state index contributed by atoms with van der Waals surface area (Å²) in [5.41, 5.74) is 1.90. The van der Waals surface area contributed by atoms with Gasteiger partial charge in [0, 0.05) is 25.0 Å². The van der Waals surface area contributed by atoms with Crippen LogP contribution >= 0.6 is 0 Å². The SMILES string of the molecule is N#Cc1ccc(N2CCC[C@H]2c2cccnc2)c([N+](=O)[O-])c1. The molecule has 0 aliphatic carbocycles. The van der Waals surface area contributed by atoms with Gasteiger partial charge in [-0.25, -0.2) is 0 Å². The lowest BCUT2D eigenvalue weighted by atomic mass is 10.1. The molecule has 0 N–H and O–H groups in total. The van der Waals surface area contributed by atoms with Crippen molar-refractivity contribution in [3.63, 3.8) is 0 Å². The molecule has 1 aromatic heterocycles. The highest BCUT2D eigenvalue weighted by Crippen LogP contribution is 2.40. The second-order valence-corrected chi connectivity index (χ2v) is 5.21. The predicted molar refractivity (Wildman–Crippen MR) is 81.4 cm³/mol. The summed E-state index contributed by atoms with van der Waals surface area (Å²) in [7, 11) is 0. The fourth-order valence-corrected chi connectivity index (χ4v) is 2.96. The third kappa shape index (κ3) is 2.49. The summed E-state index contributed by atoms with van der Waals surface area (Å²) in [6.07, 6.45) is 5.42. The van der Waals surface area contributed by atoms with Crippen LogP contribution in [0.15, 0.2) is 42.7 Å². The van der Waals surface area contributed by atoms with Gasteiger partial charge in [0.15, 0.2) is 0 Å². The largest absolute Gasteiger partial charge is 0.359 e. The van der Waals surface area contributed by atoms with Crippen LogP contribution in [0.25, 0.3) is 0 Å². The molecule has 6 heteroatoms. The van der Waals surface area contributed by atoms with Gasteiger partial charge in [-0.2, -0.15) is 5.26 Å². The van der Waals surface area contributed by atoms with Gasteiger partial charge in [-0.05, 0) is 36.6 Å². The Morgan fingerprint density at radius 3 is 2.95 bits per heavy atom. The molecule has 0 radical (unpaired) electrons. The maximum absolute atomic E-state index is 11.3. The first-order valence-electron chi connectivity index (χ1n) is 7.06. The first-order valence-corrected chi connectivity index (χ1v) is 7.06. The number of benzene rings is 1. The van der Waals surface area contributed by atoms with E-state index in [-0.39, 0.29) is 11.7 Å². The third-order valence-electron chi connectivity index (χ3n) is 3.93. The standard InChI is InChI=1S/C16H14N4O2/c17-10-12-5-6-15(16(9-12)20(21)22)19-8-2-4-14(19)13-3-1-7-18-11-13/h1,3,5-7,9,11,14H,2,4,8H2/t14-/m0/s1. The number of nitriles is 1. The lowest BCUT2D eigenvalue weighted by molar-refractivity contribution is -0.384. The topological polar surface area (TPSA) is 83.1 Å². The van der Waals surface area contributed by atoms with Crippen LogP contribution in [-0.2, 0) is 0 Å². The lowest BCUT2D eigenvalue weighted by Gasteiger charge is -2.26. The third-order valence-corrected chi connectivity index (χ3v) is 3.93. The van der Waals surface area contributed by atoms with Gasteiger partial charge in [0.1, 0.15) is 5.69 Å². The zero-order chi connectivity index (χ0) is 15.5. The highest BCUT2D eigenvalue weighted by molar-refractivity contribution is 5.67. The van der Waals surface area contributed by atoms with E-state index in [0.29, 0.717) is 11.3 Å². The van der Waals surface area contributed by atoms with Crippen LogP contribution in [-0.4, -0.2) is 16.5 Å². The Hall–Kier alpha value is -2.94. The minimum absolute atomic E-state index is 0.0187. The molecule has 22 heavy (non-hydrogen) atoms. The Labute approximate surface area is 127 Å².